The summed E-state index contributed by atoms with van der Waals surface area (Å²) in [5.41, 5.74) is 4.14. The first-order valence-corrected chi connectivity index (χ1v) is 8.92. The van der Waals surface area contributed by atoms with Crippen LogP contribution < -0.4 is 0 Å². The van der Waals surface area contributed by atoms with Gasteiger partial charge in [-0.2, -0.15) is 0 Å². The van der Waals surface area contributed by atoms with Crippen molar-refractivity contribution in [1.82, 2.24) is 0 Å². The molecule has 0 heterocycles. The Morgan fingerprint density at radius 3 is 2.90 bits per heavy atom. The quantitative estimate of drug-likeness (QED) is 0.644. The van der Waals surface area contributed by atoms with E-state index in [1.165, 1.54) is 57.8 Å². The van der Waals surface area contributed by atoms with E-state index in [0.29, 0.717) is 0 Å². The molecule has 108 valence electrons. The predicted octanol–water partition coefficient (Wildman–Crippen LogP) is 5.71. The monoisotopic (exact) mass is 268 g/mol. The van der Waals surface area contributed by atoms with E-state index in [4.69, 9.17) is 0 Å². The van der Waals surface area contributed by atoms with Crippen molar-refractivity contribution in [3.05, 3.63) is 35.4 Å². The zero-order valence-electron chi connectivity index (χ0n) is 12.9. The van der Waals surface area contributed by atoms with Crippen LogP contribution in [0.3, 0.4) is 0 Å². The third kappa shape index (κ3) is 1.80. The first-order chi connectivity index (χ1) is 9.84. The van der Waals surface area contributed by atoms with Crippen molar-refractivity contribution in [2.75, 3.05) is 0 Å². The Hall–Kier alpha value is -0.780. The van der Waals surface area contributed by atoms with E-state index >= 15 is 0 Å². The lowest BCUT2D eigenvalue weighted by Crippen LogP contribution is -2.41. The highest BCUT2D eigenvalue weighted by Crippen LogP contribution is 2.62. The smallest absolute Gasteiger partial charge is 0.0128 e. The standard InChI is InChI=1S/C20H28/c1-2-12-20-13-5-8-19(20)18-10-9-15-6-3-4-7-16(15)17(18)11-14-20/h3-4,6-7,17-19H,2,5,8-14H2,1H3/t17-,18-,19+,20+/m1/s1. The van der Waals surface area contributed by atoms with Crippen molar-refractivity contribution in [2.45, 2.75) is 70.6 Å². The van der Waals surface area contributed by atoms with E-state index in [-0.39, 0.29) is 0 Å². The molecule has 0 aromatic heterocycles. The van der Waals surface area contributed by atoms with E-state index in [2.05, 4.69) is 31.2 Å². The number of rotatable bonds is 2. The van der Waals surface area contributed by atoms with Gasteiger partial charge in [-0.15, -0.1) is 0 Å². The van der Waals surface area contributed by atoms with Gasteiger partial charge in [0.25, 0.3) is 0 Å². The maximum Gasteiger partial charge on any atom is -0.0128 e. The Balaban J connectivity index is 1.68. The average Bonchev–Trinajstić information content (AvgIpc) is 2.91. The van der Waals surface area contributed by atoms with Crippen LogP contribution in [0.5, 0.6) is 0 Å². The highest BCUT2D eigenvalue weighted by molar-refractivity contribution is 5.34. The zero-order valence-corrected chi connectivity index (χ0v) is 12.9. The summed E-state index contributed by atoms with van der Waals surface area (Å²) < 4.78 is 0. The SMILES string of the molecule is CCC[C@@]12CCC[C@H]1[C@@H]1CCc3ccccc3[C@H]1CC2. The molecule has 0 heteroatoms. The van der Waals surface area contributed by atoms with Crippen LogP contribution in [-0.2, 0) is 6.42 Å². The van der Waals surface area contributed by atoms with Crippen molar-refractivity contribution in [1.29, 1.82) is 0 Å². The number of benzene rings is 1. The molecular weight excluding hydrogens is 240 g/mol. The predicted molar refractivity (Wildman–Crippen MR) is 84.9 cm³/mol. The summed E-state index contributed by atoms with van der Waals surface area (Å²) in [6.07, 6.45) is 13.3. The second kappa shape index (κ2) is 4.90. The van der Waals surface area contributed by atoms with Crippen molar-refractivity contribution in [3.8, 4) is 0 Å². The van der Waals surface area contributed by atoms with Gasteiger partial charge in [0.1, 0.15) is 0 Å². The average molecular weight is 268 g/mol. The molecule has 0 aliphatic heterocycles. The van der Waals surface area contributed by atoms with Crippen LogP contribution in [0.2, 0.25) is 0 Å². The van der Waals surface area contributed by atoms with E-state index in [1.54, 1.807) is 11.1 Å². The van der Waals surface area contributed by atoms with Crippen LogP contribution in [0.1, 0.15) is 75.3 Å². The lowest BCUT2D eigenvalue weighted by molar-refractivity contribution is 0.0362. The molecule has 0 nitrogen and oxygen atoms in total. The lowest BCUT2D eigenvalue weighted by atomic mass is 9.54. The van der Waals surface area contributed by atoms with Gasteiger partial charge < -0.3 is 0 Å². The van der Waals surface area contributed by atoms with Gasteiger partial charge in [-0.3, -0.25) is 0 Å². The largest absolute Gasteiger partial charge is 0.0654 e. The summed E-state index contributed by atoms with van der Waals surface area (Å²) in [5, 5.41) is 0. The van der Waals surface area contributed by atoms with Gasteiger partial charge in [0, 0.05) is 0 Å². The lowest BCUT2D eigenvalue weighted by Gasteiger charge is -2.51. The van der Waals surface area contributed by atoms with E-state index in [0.717, 1.165) is 23.2 Å². The molecule has 3 aliphatic rings. The fourth-order valence-electron chi connectivity index (χ4n) is 6.25. The summed E-state index contributed by atoms with van der Waals surface area (Å²) in [7, 11) is 0. The van der Waals surface area contributed by atoms with E-state index < -0.39 is 0 Å². The minimum atomic E-state index is 0.752. The molecule has 20 heavy (non-hydrogen) atoms. The van der Waals surface area contributed by atoms with Crippen LogP contribution in [0.25, 0.3) is 0 Å². The highest BCUT2D eigenvalue weighted by atomic mass is 14.6. The first kappa shape index (κ1) is 12.9. The molecule has 1 aromatic rings. The molecule has 0 bridgehead atoms. The van der Waals surface area contributed by atoms with Crippen molar-refractivity contribution in [3.63, 3.8) is 0 Å². The van der Waals surface area contributed by atoms with E-state index in [1.807, 2.05) is 0 Å². The molecule has 3 aliphatic carbocycles. The summed E-state index contributed by atoms with van der Waals surface area (Å²) in [6.45, 7) is 2.40. The molecule has 2 fully saturated rings. The normalized spacial score (nSPS) is 39.0. The molecule has 0 unspecified atom stereocenters. The van der Waals surface area contributed by atoms with Crippen LogP contribution in [0.15, 0.2) is 24.3 Å². The molecule has 4 rings (SSSR count). The fourth-order valence-corrected chi connectivity index (χ4v) is 6.25. The molecule has 0 spiro atoms. The van der Waals surface area contributed by atoms with Crippen molar-refractivity contribution in [2.24, 2.45) is 17.3 Å². The molecule has 0 radical (unpaired) electrons. The molecule has 1 aromatic carbocycles. The van der Waals surface area contributed by atoms with Crippen LogP contribution >= 0.6 is 0 Å². The van der Waals surface area contributed by atoms with Gasteiger partial charge >= 0.3 is 0 Å². The molecule has 4 atom stereocenters. The third-order valence-corrected chi connectivity index (χ3v) is 6.91. The molecule has 2 saturated carbocycles. The molecule has 0 amide bonds. The Morgan fingerprint density at radius 1 is 1.10 bits per heavy atom. The Kier molecular flexibility index (Phi) is 3.16. The molecule has 0 N–H and O–H groups in total. The Morgan fingerprint density at radius 2 is 2.00 bits per heavy atom. The Bertz CT molecular complexity index is 489. The van der Waals surface area contributed by atoms with E-state index in [9.17, 15) is 0 Å². The van der Waals surface area contributed by atoms with Gasteiger partial charge in [-0.25, -0.2) is 0 Å². The topological polar surface area (TPSA) is 0 Å². The van der Waals surface area contributed by atoms with Gasteiger partial charge in [0.05, 0.1) is 0 Å². The molecule has 0 saturated heterocycles. The number of aryl methyl sites for hydroxylation is 1. The van der Waals surface area contributed by atoms with Gasteiger partial charge in [-0.05, 0) is 79.2 Å². The zero-order chi connectivity index (χ0) is 13.6. The van der Waals surface area contributed by atoms with Gasteiger partial charge in [0.15, 0.2) is 0 Å². The minimum Gasteiger partial charge on any atom is -0.0654 e. The fraction of sp³-hybridized carbons (Fsp3) is 0.700. The minimum absolute atomic E-state index is 0.752. The van der Waals surface area contributed by atoms with Crippen LogP contribution in [-0.4, -0.2) is 0 Å². The second-order valence-electron chi connectivity index (χ2n) is 7.66. The molecular formula is C20H28. The second-order valence-corrected chi connectivity index (χ2v) is 7.66. The van der Waals surface area contributed by atoms with Crippen molar-refractivity contribution >= 4 is 0 Å². The first-order valence-electron chi connectivity index (χ1n) is 8.92. The Labute approximate surface area is 124 Å². The maximum atomic E-state index is 2.44. The van der Waals surface area contributed by atoms with Gasteiger partial charge in [0.2, 0.25) is 0 Å². The van der Waals surface area contributed by atoms with Crippen LogP contribution in [0, 0.1) is 17.3 Å². The van der Waals surface area contributed by atoms with Crippen LogP contribution in [0.4, 0.5) is 0 Å². The maximum absolute atomic E-state index is 2.44. The summed E-state index contributed by atoms with van der Waals surface area (Å²) in [6, 6.07) is 9.32. The summed E-state index contributed by atoms with van der Waals surface area (Å²) >= 11 is 0. The summed E-state index contributed by atoms with van der Waals surface area (Å²) in [4.78, 5) is 0. The number of fused-ring (bicyclic) bond motifs is 5. The summed E-state index contributed by atoms with van der Waals surface area (Å²) in [5.74, 6) is 2.95. The third-order valence-electron chi connectivity index (χ3n) is 6.91. The van der Waals surface area contributed by atoms with Crippen molar-refractivity contribution < 1.29 is 0 Å². The highest BCUT2D eigenvalue weighted by Gasteiger charge is 2.51. The number of hydrogen-bond acceptors (Lipinski definition) is 0. The number of hydrogen-bond donors (Lipinski definition) is 0. The van der Waals surface area contributed by atoms with Gasteiger partial charge in [-0.1, -0.05) is 44.0 Å².